The monoisotopic (exact) mass is 355 g/mol. The van der Waals surface area contributed by atoms with Crippen molar-refractivity contribution in [1.29, 1.82) is 0 Å². The van der Waals surface area contributed by atoms with Crippen LogP contribution in [0.2, 0.25) is 0 Å². The van der Waals surface area contributed by atoms with E-state index in [0.717, 1.165) is 5.56 Å². The van der Waals surface area contributed by atoms with Crippen LogP contribution in [-0.4, -0.2) is 45.1 Å². The van der Waals surface area contributed by atoms with Crippen molar-refractivity contribution < 1.29 is 14.4 Å². The molecule has 3 rings (SSSR count). The van der Waals surface area contributed by atoms with Gasteiger partial charge < -0.3 is 10.6 Å². The van der Waals surface area contributed by atoms with E-state index in [1.165, 1.54) is 4.90 Å². The van der Waals surface area contributed by atoms with Crippen LogP contribution in [0.5, 0.6) is 0 Å². The zero-order valence-electron chi connectivity index (χ0n) is 14.5. The summed E-state index contributed by atoms with van der Waals surface area (Å²) in [4.78, 5) is 37.6. The Balaban J connectivity index is 1.48. The minimum absolute atomic E-state index is 0.125. The van der Waals surface area contributed by atoms with Gasteiger partial charge in [0.2, 0.25) is 5.91 Å². The van der Waals surface area contributed by atoms with Crippen molar-refractivity contribution in [2.24, 2.45) is 7.05 Å². The quantitative estimate of drug-likeness (QED) is 0.732. The van der Waals surface area contributed by atoms with Crippen molar-refractivity contribution in [3.05, 3.63) is 48.2 Å². The molecular weight excluding hydrogens is 334 g/mol. The fraction of sp³-hybridized carbons (Fsp3) is 0.333. The zero-order valence-corrected chi connectivity index (χ0v) is 14.5. The predicted octanol–water partition coefficient (Wildman–Crippen LogP) is 1.30. The van der Waals surface area contributed by atoms with Crippen molar-refractivity contribution in [2.75, 3.05) is 11.9 Å². The number of aryl methyl sites for hydroxylation is 1. The second-order valence-corrected chi connectivity index (χ2v) is 6.19. The van der Waals surface area contributed by atoms with E-state index in [1.807, 2.05) is 30.3 Å². The van der Waals surface area contributed by atoms with E-state index in [4.69, 9.17) is 0 Å². The molecule has 4 amide bonds. The summed E-state index contributed by atoms with van der Waals surface area (Å²) in [6.07, 6.45) is 2.71. The first-order chi connectivity index (χ1) is 12.5. The smallest absolute Gasteiger partial charge is 0.324 e. The van der Waals surface area contributed by atoms with E-state index < -0.39 is 12.1 Å². The Morgan fingerprint density at radius 2 is 2.00 bits per heavy atom. The van der Waals surface area contributed by atoms with Gasteiger partial charge in [-0.25, -0.2) is 4.79 Å². The highest BCUT2D eigenvalue weighted by Crippen LogP contribution is 2.13. The lowest BCUT2D eigenvalue weighted by Gasteiger charge is -2.13. The third kappa shape index (κ3) is 4.27. The predicted molar refractivity (Wildman–Crippen MR) is 95.3 cm³/mol. The molecule has 8 heteroatoms. The Morgan fingerprint density at radius 1 is 1.23 bits per heavy atom. The Labute approximate surface area is 151 Å². The molecule has 2 aromatic rings. The maximum Gasteiger partial charge on any atom is 0.324 e. The highest BCUT2D eigenvalue weighted by atomic mass is 16.2. The SMILES string of the molecule is Cn1ccc(NC(=O)CC[C@H]2NC(=O)N(CCc3ccccc3)C2=O)n1. The zero-order chi connectivity index (χ0) is 18.5. The topological polar surface area (TPSA) is 96.3 Å². The van der Waals surface area contributed by atoms with Crippen LogP contribution in [-0.2, 0) is 23.1 Å². The van der Waals surface area contributed by atoms with E-state index in [2.05, 4.69) is 15.7 Å². The minimum atomic E-state index is -0.659. The number of rotatable bonds is 7. The molecule has 1 fully saturated rings. The molecular formula is C18H21N5O3. The molecule has 0 aliphatic carbocycles. The number of imide groups is 1. The standard InChI is InChI=1S/C18H21N5O3/c1-22-11-10-15(21-22)20-16(24)8-7-14-17(25)23(18(26)19-14)12-9-13-5-3-2-4-6-13/h2-6,10-11,14H,7-9,12H2,1H3,(H,19,26)(H,20,21,24)/t14-/m1/s1. The van der Waals surface area contributed by atoms with E-state index in [1.54, 1.807) is 24.0 Å². The van der Waals surface area contributed by atoms with Gasteiger partial charge in [0.25, 0.3) is 5.91 Å². The molecule has 2 heterocycles. The summed E-state index contributed by atoms with van der Waals surface area (Å²) < 4.78 is 1.58. The Hall–Kier alpha value is -3.16. The summed E-state index contributed by atoms with van der Waals surface area (Å²) in [6.45, 7) is 0.325. The van der Waals surface area contributed by atoms with Crippen molar-refractivity contribution in [3.63, 3.8) is 0 Å². The molecule has 0 radical (unpaired) electrons. The number of nitrogens with one attached hydrogen (secondary N) is 2. The van der Waals surface area contributed by atoms with E-state index in [0.29, 0.717) is 18.8 Å². The van der Waals surface area contributed by atoms with Gasteiger partial charge in [-0.1, -0.05) is 30.3 Å². The van der Waals surface area contributed by atoms with E-state index in [9.17, 15) is 14.4 Å². The number of hydrogen-bond acceptors (Lipinski definition) is 4. The van der Waals surface area contributed by atoms with Crippen molar-refractivity contribution in [2.45, 2.75) is 25.3 Å². The van der Waals surface area contributed by atoms with Crippen LogP contribution >= 0.6 is 0 Å². The van der Waals surface area contributed by atoms with Gasteiger partial charge in [-0.3, -0.25) is 19.2 Å². The highest BCUT2D eigenvalue weighted by molar-refractivity contribution is 6.04. The van der Waals surface area contributed by atoms with Gasteiger partial charge >= 0.3 is 6.03 Å². The number of urea groups is 1. The van der Waals surface area contributed by atoms with Gasteiger partial charge in [-0.05, 0) is 18.4 Å². The molecule has 0 saturated carbocycles. The van der Waals surface area contributed by atoms with Gasteiger partial charge in [0, 0.05) is 32.3 Å². The van der Waals surface area contributed by atoms with Gasteiger partial charge in [-0.2, -0.15) is 5.10 Å². The number of benzene rings is 1. The first-order valence-electron chi connectivity index (χ1n) is 8.48. The van der Waals surface area contributed by atoms with Gasteiger partial charge in [0.05, 0.1) is 0 Å². The molecule has 8 nitrogen and oxygen atoms in total. The van der Waals surface area contributed by atoms with Crippen LogP contribution in [0.4, 0.5) is 10.6 Å². The Morgan fingerprint density at radius 3 is 2.69 bits per heavy atom. The molecule has 1 saturated heterocycles. The normalized spacial score (nSPS) is 16.7. The van der Waals surface area contributed by atoms with Crippen LogP contribution in [0, 0.1) is 0 Å². The Bertz CT molecular complexity index is 802. The third-order valence-corrected chi connectivity index (χ3v) is 4.22. The van der Waals surface area contributed by atoms with E-state index in [-0.39, 0.29) is 24.7 Å². The van der Waals surface area contributed by atoms with Crippen molar-refractivity contribution >= 4 is 23.7 Å². The van der Waals surface area contributed by atoms with Crippen LogP contribution in [0.25, 0.3) is 0 Å². The largest absolute Gasteiger partial charge is 0.326 e. The van der Waals surface area contributed by atoms with Gasteiger partial charge in [-0.15, -0.1) is 0 Å². The molecule has 0 spiro atoms. The van der Waals surface area contributed by atoms with E-state index >= 15 is 0 Å². The molecule has 1 aromatic heterocycles. The summed E-state index contributed by atoms with van der Waals surface area (Å²) in [6, 6.07) is 10.3. The minimum Gasteiger partial charge on any atom is -0.326 e. The molecule has 0 unspecified atom stereocenters. The molecule has 1 aliphatic heterocycles. The molecule has 0 bridgehead atoms. The van der Waals surface area contributed by atoms with Crippen LogP contribution < -0.4 is 10.6 Å². The second-order valence-electron chi connectivity index (χ2n) is 6.19. The summed E-state index contributed by atoms with van der Waals surface area (Å²) in [7, 11) is 1.76. The number of aromatic nitrogens is 2. The first-order valence-corrected chi connectivity index (χ1v) is 8.48. The maximum atomic E-state index is 12.4. The molecule has 26 heavy (non-hydrogen) atoms. The lowest BCUT2D eigenvalue weighted by Crippen LogP contribution is -2.33. The number of carbonyl (C=O) groups excluding carboxylic acids is 3. The van der Waals surface area contributed by atoms with Crippen molar-refractivity contribution in [1.82, 2.24) is 20.0 Å². The fourth-order valence-corrected chi connectivity index (χ4v) is 2.83. The average molecular weight is 355 g/mol. The number of amides is 4. The van der Waals surface area contributed by atoms with Gasteiger partial charge in [0.15, 0.2) is 5.82 Å². The lowest BCUT2D eigenvalue weighted by atomic mass is 10.1. The molecule has 2 N–H and O–H groups in total. The molecule has 136 valence electrons. The number of anilines is 1. The lowest BCUT2D eigenvalue weighted by molar-refractivity contribution is -0.127. The highest BCUT2D eigenvalue weighted by Gasteiger charge is 2.37. The number of hydrogen-bond donors (Lipinski definition) is 2. The summed E-state index contributed by atoms with van der Waals surface area (Å²) in [5, 5.41) is 9.38. The summed E-state index contributed by atoms with van der Waals surface area (Å²) >= 11 is 0. The number of carbonyl (C=O) groups is 3. The Kier molecular flexibility index (Phi) is 5.31. The molecule has 1 atom stereocenters. The molecule has 1 aromatic carbocycles. The summed E-state index contributed by atoms with van der Waals surface area (Å²) in [5.41, 5.74) is 1.06. The second kappa shape index (κ2) is 7.81. The van der Waals surface area contributed by atoms with Crippen LogP contribution in [0.3, 0.4) is 0 Å². The van der Waals surface area contributed by atoms with Crippen LogP contribution in [0.1, 0.15) is 18.4 Å². The van der Waals surface area contributed by atoms with Gasteiger partial charge in [0.1, 0.15) is 6.04 Å². The number of nitrogens with zero attached hydrogens (tertiary/aromatic N) is 3. The summed E-state index contributed by atoms with van der Waals surface area (Å²) in [5.74, 6) is -0.0613. The maximum absolute atomic E-state index is 12.4. The average Bonchev–Trinajstić information content (AvgIpc) is 3.15. The van der Waals surface area contributed by atoms with Crippen LogP contribution in [0.15, 0.2) is 42.6 Å². The first kappa shape index (κ1) is 17.7. The van der Waals surface area contributed by atoms with Crippen molar-refractivity contribution in [3.8, 4) is 0 Å². The molecule has 1 aliphatic rings. The third-order valence-electron chi connectivity index (χ3n) is 4.22. The fourth-order valence-electron chi connectivity index (χ4n) is 2.83.